The number of halogens is 2. The third-order valence-corrected chi connectivity index (χ3v) is 6.29. The van der Waals surface area contributed by atoms with E-state index in [2.05, 4.69) is 26.4 Å². The summed E-state index contributed by atoms with van der Waals surface area (Å²) in [5, 5.41) is 17.3. The van der Waals surface area contributed by atoms with E-state index in [0.717, 1.165) is 12.0 Å². The largest absolute Gasteiger partial charge is 0.324 e. The summed E-state index contributed by atoms with van der Waals surface area (Å²) >= 11 is 12.0. The molecule has 0 spiro atoms. The van der Waals surface area contributed by atoms with Crippen molar-refractivity contribution < 1.29 is 9.59 Å². The summed E-state index contributed by atoms with van der Waals surface area (Å²) in [6, 6.07) is 15.6. The minimum absolute atomic E-state index is 0.0586. The van der Waals surface area contributed by atoms with Crippen LogP contribution in [0, 0.1) is 5.92 Å². The molecular formula is C23H24Cl2N6O2. The molecule has 3 aromatic rings. The molecule has 1 aliphatic heterocycles. The lowest BCUT2D eigenvalue weighted by atomic mass is 9.95. The van der Waals surface area contributed by atoms with Crippen LogP contribution in [-0.4, -0.2) is 27.8 Å². The van der Waals surface area contributed by atoms with E-state index in [1.807, 2.05) is 44.2 Å². The van der Waals surface area contributed by atoms with Gasteiger partial charge >= 0.3 is 6.03 Å². The maximum Gasteiger partial charge on any atom is 0.324 e. The molecule has 1 saturated heterocycles. The third kappa shape index (κ3) is 5.13. The van der Waals surface area contributed by atoms with Gasteiger partial charge in [0.1, 0.15) is 5.82 Å². The summed E-state index contributed by atoms with van der Waals surface area (Å²) in [6.45, 7) is 3.94. The van der Waals surface area contributed by atoms with Gasteiger partial charge in [0.25, 0.3) is 0 Å². The molecule has 1 fully saturated rings. The van der Waals surface area contributed by atoms with Crippen molar-refractivity contribution in [2.24, 2.45) is 5.92 Å². The molecule has 0 saturated carbocycles. The second kappa shape index (κ2) is 9.82. The first kappa shape index (κ1) is 23.1. The lowest BCUT2D eigenvalue weighted by Crippen LogP contribution is -2.57. The number of hydrogen-bond donors (Lipinski definition) is 4. The zero-order valence-corrected chi connectivity index (χ0v) is 19.6. The number of carbonyl (C=O) groups excluding carboxylic acids is 2. The van der Waals surface area contributed by atoms with Crippen molar-refractivity contribution >= 4 is 46.6 Å². The first-order valence-electron chi connectivity index (χ1n) is 10.6. The predicted octanol–water partition coefficient (Wildman–Crippen LogP) is 5.09. The minimum atomic E-state index is -0.618. The number of nitrogens with zero attached hydrogens (tertiary/aromatic N) is 2. The Labute approximate surface area is 201 Å². The third-order valence-electron chi connectivity index (χ3n) is 5.55. The van der Waals surface area contributed by atoms with E-state index in [-0.39, 0.29) is 17.9 Å². The number of urea groups is 1. The number of carbonyl (C=O) groups is 2. The topological polar surface area (TPSA) is 100 Å². The van der Waals surface area contributed by atoms with E-state index in [4.69, 9.17) is 23.2 Å². The van der Waals surface area contributed by atoms with Gasteiger partial charge in [-0.15, -0.1) is 0 Å². The summed E-state index contributed by atoms with van der Waals surface area (Å²) in [5.74, 6) is 0.211. The molecule has 1 aromatic heterocycles. The summed E-state index contributed by atoms with van der Waals surface area (Å²) in [4.78, 5) is 25.4. The quantitative estimate of drug-likeness (QED) is 0.403. The first-order chi connectivity index (χ1) is 15.9. The monoisotopic (exact) mass is 486 g/mol. The van der Waals surface area contributed by atoms with Gasteiger partial charge < -0.3 is 10.6 Å². The van der Waals surface area contributed by atoms with E-state index in [0.29, 0.717) is 27.2 Å². The molecular weight excluding hydrogens is 463 g/mol. The van der Waals surface area contributed by atoms with Crippen molar-refractivity contribution in [2.45, 2.75) is 32.6 Å². The smallest absolute Gasteiger partial charge is 0.322 e. The Morgan fingerprint density at radius 1 is 1.09 bits per heavy atom. The summed E-state index contributed by atoms with van der Waals surface area (Å²) < 4.78 is 1.57. The number of anilines is 2. The zero-order valence-electron chi connectivity index (χ0n) is 18.1. The standard InChI is InChI=1S/C23H24Cl2N6O2/c1-3-16-13(2)26-22(29-21(16)32)31-20(12-19(30-31)14-7-5-4-6-8-14)28-23(33)27-15-9-10-17(24)18(25)11-15/h4-13,16,22,26H,3H2,1-2H3,(H,29,32)(H2,27,28,33). The maximum absolute atomic E-state index is 12.7. The fourth-order valence-electron chi connectivity index (χ4n) is 3.83. The van der Waals surface area contributed by atoms with Gasteiger partial charge in [-0.2, -0.15) is 5.10 Å². The van der Waals surface area contributed by atoms with Crippen molar-refractivity contribution in [3.8, 4) is 11.3 Å². The Kier molecular flexibility index (Phi) is 6.88. The van der Waals surface area contributed by atoms with Crippen molar-refractivity contribution in [3.05, 3.63) is 64.6 Å². The average Bonchev–Trinajstić information content (AvgIpc) is 3.20. The van der Waals surface area contributed by atoms with Crippen LogP contribution in [0.3, 0.4) is 0 Å². The van der Waals surface area contributed by atoms with Gasteiger partial charge in [0, 0.05) is 23.4 Å². The molecule has 33 heavy (non-hydrogen) atoms. The number of rotatable bonds is 5. The lowest BCUT2D eigenvalue weighted by molar-refractivity contribution is -0.130. The van der Waals surface area contributed by atoms with Crippen LogP contribution in [0.5, 0.6) is 0 Å². The normalized spacial score (nSPS) is 20.2. The number of benzene rings is 2. The molecule has 4 N–H and O–H groups in total. The van der Waals surface area contributed by atoms with Crippen LogP contribution in [0.25, 0.3) is 11.3 Å². The highest BCUT2D eigenvalue weighted by atomic mass is 35.5. The fourth-order valence-corrected chi connectivity index (χ4v) is 4.13. The van der Waals surface area contributed by atoms with Gasteiger partial charge in [-0.1, -0.05) is 60.5 Å². The fraction of sp³-hybridized carbons (Fsp3) is 0.261. The van der Waals surface area contributed by atoms with Gasteiger partial charge in [0.2, 0.25) is 5.91 Å². The van der Waals surface area contributed by atoms with Gasteiger partial charge in [-0.05, 0) is 31.5 Å². The molecule has 10 heteroatoms. The molecule has 4 rings (SSSR count). The SMILES string of the molecule is CCC1C(=O)NC(n2nc(-c3ccccc3)cc2NC(=O)Nc2ccc(Cl)c(Cl)c2)NC1C. The lowest BCUT2D eigenvalue weighted by Gasteiger charge is -2.35. The highest BCUT2D eigenvalue weighted by molar-refractivity contribution is 6.42. The number of nitrogens with one attached hydrogen (secondary N) is 4. The molecule has 172 valence electrons. The molecule has 0 aliphatic carbocycles. The highest BCUT2D eigenvalue weighted by Crippen LogP contribution is 2.27. The van der Waals surface area contributed by atoms with Crippen LogP contribution in [0.1, 0.15) is 26.6 Å². The Bertz CT molecular complexity index is 1170. The van der Waals surface area contributed by atoms with Crippen molar-refractivity contribution in [1.29, 1.82) is 0 Å². The van der Waals surface area contributed by atoms with Crippen molar-refractivity contribution in [3.63, 3.8) is 0 Å². The molecule has 8 nitrogen and oxygen atoms in total. The molecule has 2 heterocycles. The Balaban J connectivity index is 1.61. The molecule has 1 aliphatic rings. The van der Waals surface area contributed by atoms with E-state index in [9.17, 15) is 9.59 Å². The number of aromatic nitrogens is 2. The summed E-state index contributed by atoms with van der Waals surface area (Å²) in [5.41, 5.74) is 2.02. The molecule has 0 bridgehead atoms. The number of amides is 3. The van der Waals surface area contributed by atoms with E-state index in [1.54, 1.807) is 28.9 Å². The second-order valence-corrected chi connectivity index (χ2v) is 8.63. The summed E-state index contributed by atoms with van der Waals surface area (Å²) in [7, 11) is 0. The molecule has 0 radical (unpaired) electrons. The van der Waals surface area contributed by atoms with Crippen LogP contribution < -0.4 is 21.3 Å². The highest BCUT2D eigenvalue weighted by Gasteiger charge is 2.34. The maximum atomic E-state index is 12.7. The van der Waals surface area contributed by atoms with Crippen LogP contribution >= 0.6 is 23.2 Å². The van der Waals surface area contributed by atoms with Gasteiger partial charge in [-0.3, -0.25) is 15.4 Å². The van der Waals surface area contributed by atoms with Gasteiger partial charge in [0.05, 0.1) is 21.7 Å². The van der Waals surface area contributed by atoms with Crippen LogP contribution in [0.2, 0.25) is 10.0 Å². The molecule has 3 unspecified atom stereocenters. The second-order valence-electron chi connectivity index (χ2n) is 7.81. The summed E-state index contributed by atoms with van der Waals surface area (Å²) in [6.07, 6.45) is 0.103. The van der Waals surface area contributed by atoms with Gasteiger partial charge in [-0.25, -0.2) is 9.48 Å². The predicted molar refractivity (Wildman–Crippen MR) is 130 cm³/mol. The van der Waals surface area contributed by atoms with Crippen LogP contribution in [0.15, 0.2) is 54.6 Å². The van der Waals surface area contributed by atoms with Crippen molar-refractivity contribution in [1.82, 2.24) is 20.4 Å². The minimum Gasteiger partial charge on any atom is -0.322 e. The van der Waals surface area contributed by atoms with E-state index in [1.165, 1.54) is 0 Å². The zero-order chi connectivity index (χ0) is 23.5. The van der Waals surface area contributed by atoms with Gasteiger partial charge in [0.15, 0.2) is 6.29 Å². The van der Waals surface area contributed by atoms with Crippen molar-refractivity contribution in [2.75, 3.05) is 10.6 Å². The molecule has 3 amide bonds. The molecule has 2 aromatic carbocycles. The van der Waals surface area contributed by atoms with Crippen LogP contribution in [-0.2, 0) is 4.79 Å². The number of hydrogen-bond acceptors (Lipinski definition) is 4. The van der Waals surface area contributed by atoms with E-state index >= 15 is 0 Å². The Hall–Kier alpha value is -3.07. The molecule has 3 atom stereocenters. The average molecular weight is 487 g/mol. The first-order valence-corrected chi connectivity index (χ1v) is 11.4. The Morgan fingerprint density at radius 2 is 1.85 bits per heavy atom. The van der Waals surface area contributed by atoms with Crippen LogP contribution in [0.4, 0.5) is 16.3 Å². The Morgan fingerprint density at radius 3 is 2.52 bits per heavy atom. The van der Waals surface area contributed by atoms with E-state index < -0.39 is 12.3 Å².